The molecule has 0 radical (unpaired) electrons. The van der Waals surface area contributed by atoms with Crippen LogP contribution in [0.2, 0.25) is 5.02 Å². The van der Waals surface area contributed by atoms with Gasteiger partial charge in [-0.3, -0.25) is 0 Å². The van der Waals surface area contributed by atoms with Gasteiger partial charge in [-0.05, 0) is 40.7 Å². The van der Waals surface area contributed by atoms with Crippen molar-refractivity contribution in [2.24, 2.45) is 0 Å². The summed E-state index contributed by atoms with van der Waals surface area (Å²) in [5.74, 6) is 0. The summed E-state index contributed by atoms with van der Waals surface area (Å²) in [5.41, 5.74) is 3.23. The largest absolute Gasteiger partial charge is 0.384 e. The zero-order valence-electron chi connectivity index (χ0n) is 12.2. The lowest BCUT2D eigenvalue weighted by molar-refractivity contribution is 0.220. The number of aliphatic hydroxyl groups excluding tert-OH is 1. The fraction of sp³-hybridized carbons (Fsp3) is 0.333. The Balaban J connectivity index is 2.23. The molecule has 1 nitrogen and oxygen atoms in total. The third-order valence-electron chi connectivity index (χ3n) is 4.08. The second-order valence-corrected chi connectivity index (χ2v) is 6.25. The quantitative estimate of drug-likeness (QED) is 0.829. The highest BCUT2D eigenvalue weighted by atomic mass is 35.5. The molecule has 0 saturated heterocycles. The molecule has 0 fully saturated rings. The average Bonchev–Trinajstić information content (AvgIpc) is 2.47. The van der Waals surface area contributed by atoms with E-state index in [1.807, 2.05) is 24.3 Å². The Hall–Kier alpha value is -1.31. The molecule has 1 unspecified atom stereocenters. The molecule has 0 amide bonds. The average molecular weight is 289 g/mol. The third-order valence-corrected chi connectivity index (χ3v) is 4.33. The zero-order chi connectivity index (χ0) is 14.8. The minimum atomic E-state index is -0.606. The van der Waals surface area contributed by atoms with Gasteiger partial charge in [-0.2, -0.15) is 0 Å². The highest BCUT2D eigenvalue weighted by Gasteiger charge is 2.18. The van der Waals surface area contributed by atoms with Crippen LogP contribution in [0.25, 0.3) is 0 Å². The molecule has 0 aliphatic rings. The summed E-state index contributed by atoms with van der Waals surface area (Å²) in [7, 11) is 0. The zero-order valence-corrected chi connectivity index (χ0v) is 13.0. The lowest BCUT2D eigenvalue weighted by Crippen LogP contribution is -2.15. The second kappa shape index (κ2) is 5.99. The normalized spacial score (nSPS) is 13.2. The highest BCUT2D eigenvalue weighted by molar-refractivity contribution is 6.30. The van der Waals surface area contributed by atoms with Gasteiger partial charge in [0.05, 0.1) is 0 Å². The van der Waals surface area contributed by atoms with Crippen molar-refractivity contribution in [1.82, 2.24) is 0 Å². The molecule has 0 heterocycles. The fourth-order valence-corrected chi connectivity index (χ4v) is 2.28. The van der Waals surface area contributed by atoms with E-state index in [2.05, 4.69) is 32.9 Å². The van der Waals surface area contributed by atoms with Gasteiger partial charge in [0.1, 0.15) is 6.10 Å². The molecule has 20 heavy (non-hydrogen) atoms. The van der Waals surface area contributed by atoms with Crippen LogP contribution in [0.15, 0.2) is 48.5 Å². The molecule has 0 bridgehead atoms. The van der Waals surface area contributed by atoms with Gasteiger partial charge in [0, 0.05) is 5.02 Å². The number of aliphatic hydroxyl groups is 1. The minimum Gasteiger partial charge on any atom is -0.384 e. The minimum absolute atomic E-state index is 0.170. The van der Waals surface area contributed by atoms with Gasteiger partial charge in [0.25, 0.3) is 0 Å². The second-order valence-electron chi connectivity index (χ2n) is 5.81. The van der Waals surface area contributed by atoms with Gasteiger partial charge in [0.15, 0.2) is 0 Å². The molecule has 0 aromatic heterocycles. The predicted molar refractivity (Wildman–Crippen MR) is 85.3 cm³/mol. The summed E-state index contributed by atoms with van der Waals surface area (Å²) in [4.78, 5) is 0. The Kier molecular flexibility index (Phi) is 4.52. The molecule has 2 aromatic carbocycles. The van der Waals surface area contributed by atoms with E-state index in [4.69, 9.17) is 11.6 Å². The van der Waals surface area contributed by atoms with Crippen LogP contribution in [0.1, 0.15) is 50.0 Å². The van der Waals surface area contributed by atoms with Crippen LogP contribution in [0.3, 0.4) is 0 Å². The van der Waals surface area contributed by atoms with Crippen molar-refractivity contribution in [3.63, 3.8) is 0 Å². The lowest BCUT2D eigenvalue weighted by Gasteiger charge is -2.24. The van der Waals surface area contributed by atoms with Gasteiger partial charge < -0.3 is 5.11 Å². The SMILES string of the molecule is CCC(C)(C)c1ccc(C(O)c2ccc(Cl)cc2)cc1. The molecule has 2 heteroatoms. The maximum Gasteiger partial charge on any atom is 0.104 e. The smallest absolute Gasteiger partial charge is 0.104 e. The molecule has 2 rings (SSSR count). The third kappa shape index (κ3) is 3.23. The first kappa shape index (κ1) is 15.1. The topological polar surface area (TPSA) is 20.2 Å². The lowest BCUT2D eigenvalue weighted by atomic mass is 9.82. The fourth-order valence-electron chi connectivity index (χ4n) is 2.16. The van der Waals surface area contributed by atoms with Crippen LogP contribution in [0.5, 0.6) is 0 Å². The Bertz CT molecular complexity index is 555. The van der Waals surface area contributed by atoms with Crippen molar-refractivity contribution in [3.05, 3.63) is 70.2 Å². The van der Waals surface area contributed by atoms with E-state index < -0.39 is 6.10 Å². The van der Waals surface area contributed by atoms with E-state index in [1.54, 1.807) is 12.1 Å². The predicted octanol–water partition coefficient (Wildman–Crippen LogP) is 5.11. The van der Waals surface area contributed by atoms with Crippen molar-refractivity contribution < 1.29 is 5.11 Å². The Morgan fingerprint density at radius 3 is 1.85 bits per heavy atom. The number of benzene rings is 2. The molecule has 0 aliphatic carbocycles. The Labute approximate surface area is 126 Å². The van der Waals surface area contributed by atoms with Crippen LogP contribution in [-0.2, 0) is 5.41 Å². The van der Waals surface area contributed by atoms with Crippen molar-refractivity contribution in [2.45, 2.75) is 38.7 Å². The van der Waals surface area contributed by atoms with E-state index in [0.717, 1.165) is 17.5 Å². The molecule has 0 saturated carbocycles. The first-order valence-corrected chi connectivity index (χ1v) is 7.36. The van der Waals surface area contributed by atoms with Gasteiger partial charge in [-0.25, -0.2) is 0 Å². The van der Waals surface area contributed by atoms with Crippen molar-refractivity contribution in [2.75, 3.05) is 0 Å². The van der Waals surface area contributed by atoms with Gasteiger partial charge in [0.2, 0.25) is 0 Å². The standard InChI is InChI=1S/C18H21ClO/c1-4-18(2,3)15-9-5-13(6-10-15)17(20)14-7-11-16(19)12-8-14/h5-12,17,20H,4H2,1-3H3. The van der Waals surface area contributed by atoms with Crippen LogP contribution < -0.4 is 0 Å². The molecule has 106 valence electrons. The monoisotopic (exact) mass is 288 g/mol. The van der Waals surface area contributed by atoms with E-state index in [9.17, 15) is 5.11 Å². The summed E-state index contributed by atoms with van der Waals surface area (Å²) in [5, 5.41) is 11.1. The molecule has 2 aromatic rings. The summed E-state index contributed by atoms with van der Waals surface area (Å²) in [6, 6.07) is 15.5. The molecular formula is C18H21ClO. The van der Waals surface area contributed by atoms with Crippen molar-refractivity contribution >= 4 is 11.6 Å². The highest BCUT2D eigenvalue weighted by Crippen LogP contribution is 2.29. The molecule has 0 aliphatic heterocycles. The summed E-state index contributed by atoms with van der Waals surface area (Å²) >= 11 is 5.87. The maximum absolute atomic E-state index is 10.4. The molecular weight excluding hydrogens is 268 g/mol. The summed E-state index contributed by atoms with van der Waals surface area (Å²) in [6.45, 7) is 6.66. The molecule has 1 N–H and O–H groups in total. The van der Waals surface area contributed by atoms with Gasteiger partial charge >= 0.3 is 0 Å². The number of halogens is 1. The van der Waals surface area contributed by atoms with Gasteiger partial charge in [-0.1, -0.05) is 68.8 Å². The van der Waals surface area contributed by atoms with E-state index in [0.29, 0.717) is 5.02 Å². The van der Waals surface area contributed by atoms with Gasteiger partial charge in [-0.15, -0.1) is 0 Å². The van der Waals surface area contributed by atoms with Crippen LogP contribution >= 0.6 is 11.6 Å². The first-order chi connectivity index (χ1) is 9.44. The molecule has 1 atom stereocenters. The van der Waals surface area contributed by atoms with Crippen LogP contribution in [-0.4, -0.2) is 5.11 Å². The molecule has 0 spiro atoms. The van der Waals surface area contributed by atoms with E-state index in [1.165, 1.54) is 5.56 Å². The number of rotatable bonds is 4. The Morgan fingerprint density at radius 1 is 0.950 bits per heavy atom. The van der Waals surface area contributed by atoms with Crippen LogP contribution in [0.4, 0.5) is 0 Å². The van der Waals surface area contributed by atoms with E-state index >= 15 is 0 Å². The maximum atomic E-state index is 10.4. The first-order valence-electron chi connectivity index (χ1n) is 6.98. The Morgan fingerprint density at radius 2 is 1.40 bits per heavy atom. The van der Waals surface area contributed by atoms with Crippen molar-refractivity contribution in [1.29, 1.82) is 0 Å². The summed E-state index contributed by atoms with van der Waals surface area (Å²) < 4.78 is 0. The van der Waals surface area contributed by atoms with Crippen LogP contribution in [0, 0.1) is 0 Å². The van der Waals surface area contributed by atoms with Crippen molar-refractivity contribution in [3.8, 4) is 0 Å². The number of hydrogen-bond donors (Lipinski definition) is 1. The summed E-state index contributed by atoms with van der Waals surface area (Å²) in [6.07, 6.45) is 0.484. The van der Waals surface area contributed by atoms with E-state index in [-0.39, 0.29) is 5.41 Å². The number of hydrogen-bond acceptors (Lipinski definition) is 1.